The first-order valence-electron chi connectivity index (χ1n) is 6.05. The molecule has 0 aromatic carbocycles. The number of nitrogens with zero attached hydrogens (tertiary/aromatic N) is 1. The van der Waals surface area contributed by atoms with Gasteiger partial charge in [-0.2, -0.15) is 0 Å². The van der Waals surface area contributed by atoms with E-state index in [0.29, 0.717) is 12.5 Å². The maximum Gasteiger partial charge on any atom is 0.323 e. The normalized spacial score (nSPS) is 22.9. The van der Waals surface area contributed by atoms with Crippen molar-refractivity contribution >= 4 is 5.97 Å². The Bertz CT molecular complexity index is 236. The number of hydrogen-bond acceptors (Lipinski definition) is 3. The van der Waals surface area contributed by atoms with Crippen LogP contribution in [0.25, 0.3) is 0 Å². The summed E-state index contributed by atoms with van der Waals surface area (Å²) in [6, 6.07) is 0. The summed E-state index contributed by atoms with van der Waals surface area (Å²) in [5, 5.41) is 9.37. The van der Waals surface area contributed by atoms with Gasteiger partial charge >= 0.3 is 5.97 Å². The van der Waals surface area contributed by atoms with Crippen molar-refractivity contribution in [3.8, 4) is 0 Å². The van der Waals surface area contributed by atoms with E-state index in [1.54, 1.807) is 7.11 Å². The van der Waals surface area contributed by atoms with Crippen LogP contribution in [0.2, 0.25) is 0 Å². The smallest absolute Gasteiger partial charge is 0.323 e. The van der Waals surface area contributed by atoms with Crippen molar-refractivity contribution < 1.29 is 14.6 Å². The third-order valence-corrected chi connectivity index (χ3v) is 3.67. The number of carboxylic acids is 1. The van der Waals surface area contributed by atoms with Crippen LogP contribution in [0, 0.1) is 0 Å². The highest BCUT2D eigenvalue weighted by Crippen LogP contribution is 2.26. The van der Waals surface area contributed by atoms with Crippen LogP contribution in [0.4, 0.5) is 0 Å². The molecule has 0 aromatic heterocycles. The number of methoxy groups -OCH3 is 1. The third-order valence-electron chi connectivity index (χ3n) is 3.67. The minimum atomic E-state index is -0.704. The van der Waals surface area contributed by atoms with E-state index < -0.39 is 11.5 Å². The fourth-order valence-corrected chi connectivity index (χ4v) is 2.47. The minimum Gasteiger partial charge on any atom is -0.480 e. The Labute approximate surface area is 97.6 Å². The van der Waals surface area contributed by atoms with E-state index in [1.165, 1.54) is 0 Å². The summed E-state index contributed by atoms with van der Waals surface area (Å²) in [4.78, 5) is 13.5. The fraction of sp³-hybridized carbons (Fsp3) is 0.917. The lowest BCUT2D eigenvalue weighted by Crippen LogP contribution is -2.55. The van der Waals surface area contributed by atoms with E-state index in [-0.39, 0.29) is 0 Å². The molecule has 4 heteroatoms. The van der Waals surface area contributed by atoms with E-state index >= 15 is 0 Å². The predicted octanol–water partition coefficient (Wildman–Crippen LogP) is 1.74. The number of carbonyl (C=O) groups is 1. The van der Waals surface area contributed by atoms with Crippen LogP contribution in [0.5, 0.6) is 0 Å². The van der Waals surface area contributed by atoms with E-state index in [4.69, 9.17) is 4.74 Å². The van der Waals surface area contributed by atoms with Crippen LogP contribution in [0.15, 0.2) is 0 Å². The zero-order chi connectivity index (χ0) is 12.2. The molecule has 0 spiro atoms. The molecule has 1 unspecified atom stereocenters. The molecule has 1 heterocycles. The first-order chi connectivity index (χ1) is 7.54. The molecule has 4 nitrogen and oxygen atoms in total. The van der Waals surface area contributed by atoms with Gasteiger partial charge in [0.1, 0.15) is 5.54 Å². The summed E-state index contributed by atoms with van der Waals surface area (Å²) in [5.74, 6) is -0.704. The first-order valence-corrected chi connectivity index (χ1v) is 6.05. The standard InChI is InChI=1S/C12H23NO3/c1-4-7-12(2,11(14)15)13-8-5-10(16-3)6-9-13/h10H,4-9H2,1-3H3,(H,14,15). The zero-order valence-corrected chi connectivity index (χ0v) is 10.5. The van der Waals surface area contributed by atoms with Crippen molar-refractivity contribution in [2.24, 2.45) is 0 Å². The Morgan fingerprint density at radius 3 is 2.44 bits per heavy atom. The SMILES string of the molecule is CCCC(C)(C(=O)O)N1CCC(OC)CC1. The molecule has 0 bridgehead atoms. The van der Waals surface area contributed by atoms with Crippen LogP contribution in [-0.2, 0) is 9.53 Å². The summed E-state index contributed by atoms with van der Waals surface area (Å²) < 4.78 is 5.30. The van der Waals surface area contributed by atoms with Gasteiger partial charge in [0, 0.05) is 20.2 Å². The van der Waals surface area contributed by atoms with Crippen LogP contribution in [0.1, 0.15) is 39.5 Å². The Hall–Kier alpha value is -0.610. The van der Waals surface area contributed by atoms with Crippen molar-refractivity contribution in [2.45, 2.75) is 51.2 Å². The van der Waals surface area contributed by atoms with Gasteiger partial charge in [-0.25, -0.2) is 0 Å². The van der Waals surface area contributed by atoms with E-state index in [1.807, 2.05) is 13.8 Å². The molecule has 94 valence electrons. The third kappa shape index (κ3) is 2.74. The van der Waals surface area contributed by atoms with Gasteiger partial charge in [0.25, 0.3) is 0 Å². The Morgan fingerprint density at radius 1 is 1.50 bits per heavy atom. The molecule has 0 aliphatic carbocycles. The molecular formula is C12H23NO3. The van der Waals surface area contributed by atoms with E-state index in [9.17, 15) is 9.90 Å². The highest BCUT2D eigenvalue weighted by molar-refractivity contribution is 5.78. The number of hydrogen-bond donors (Lipinski definition) is 1. The van der Waals surface area contributed by atoms with Gasteiger partial charge in [0.2, 0.25) is 0 Å². The van der Waals surface area contributed by atoms with Crippen LogP contribution in [0.3, 0.4) is 0 Å². The number of aliphatic carboxylic acids is 1. The summed E-state index contributed by atoms with van der Waals surface area (Å²) >= 11 is 0. The van der Waals surface area contributed by atoms with Crippen LogP contribution in [-0.4, -0.2) is 47.8 Å². The number of carboxylic acid groups (broad SMARTS) is 1. The fourth-order valence-electron chi connectivity index (χ4n) is 2.47. The van der Waals surface area contributed by atoms with Crippen LogP contribution >= 0.6 is 0 Å². The molecule has 0 amide bonds. The number of ether oxygens (including phenoxy) is 1. The molecule has 1 rings (SSSR count). The Balaban J connectivity index is 2.64. The molecule has 0 aromatic rings. The molecule has 1 fully saturated rings. The second-order valence-corrected chi connectivity index (χ2v) is 4.75. The molecule has 1 aliphatic heterocycles. The van der Waals surface area contributed by atoms with Gasteiger partial charge in [0.05, 0.1) is 6.10 Å². The molecule has 0 saturated carbocycles. The maximum atomic E-state index is 11.4. The van der Waals surface area contributed by atoms with Crippen molar-refractivity contribution in [3.63, 3.8) is 0 Å². The molecule has 1 atom stereocenters. The molecule has 1 aliphatic rings. The van der Waals surface area contributed by atoms with Crippen molar-refractivity contribution in [3.05, 3.63) is 0 Å². The van der Waals surface area contributed by atoms with Gasteiger partial charge < -0.3 is 9.84 Å². The van der Waals surface area contributed by atoms with Gasteiger partial charge in [0.15, 0.2) is 0 Å². The lowest BCUT2D eigenvalue weighted by Gasteiger charge is -2.42. The highest BCUT2D eigenvalue weighted by Gasteiger charge is 2.40. The van der Waals surface area contributed by atoms with Crippen molar-refractivity contribution in [1.82, 2.24) is 4.90 Å². The van der Waals surface area contributed by atoms with Gasteiger partial charge in [-0.3, -0.25) is 9.69 Å². The van der Waals surface area contributed by atoms with Gasteiger partial charge in [-0.15, -0.1) is 0 Å². The molecular weight excluding hydrogens is 206 g/mol. The quantitative estimate of drug-likeness (QED) is 0.780. The van der Waals surface area contributed by atoms with Crippen molar-refractivity contribution in [2.75, 3.05) is 20.2 Å². The average Bonchev–Trinajstić information content (AvgIpc) is 2.29. The molecule has 16 heavy (non-hydrogen) atoms. The lowest BCUT2D eigenvalue weighted by atomic mass is 9.91. The van der Waals surface area contributed by atoms with Gasteiger partial charge in [-0.1, -0.05) is 13.3 Å². The highest BCUT2D eigenvalue weighted by atomic mass is 16.5. The monoisotopic (exact) mass is 229 g/mol. The number of likely N-dealkylation sites (tertiary alicyclic amines) is 1. The lowest BCUT2D eigenvalue weighted by molar-refractivity contribution is -0.153. The topological polar surface area (TPSA) is 49.8 Å². The minimum absolute atomic E-state index is 0.302. The van der Waals surface area contributed by atoms with Crippen LogP contribution < -0.4 is 0 Å². The summed E-state index contributed by atoms with van der Waals surface area (Å²) in [6.45, 7) is 5.51. The average molecular weight is 229 g/mol. The van der Waals surface area contributed by atoms with Gasteiger partial charge in [-0.05, 0) is 26.2 Å². The molecule has 0 radical (unpaired) electrons. The summed E-state index contributed by atoms with van der Waals surface area (Å²) in [6.07, 6.45) is 3.77. The first kappa shape index (κ1) is 13.5. The largest absolute Gasteiger partial charge is 0.480 e. The van der Waals surface area contributed by atoms with Crippen molar-refractivity contribution in [1.29, 1.82) is 0 Å². The summed E-state index contributed by atoms with van der Waals surface area (Å²) in [7, 11) is 1.72. The predicted molar refractivity (Wildman–Crippen MR) is 62.6 cm³/mol. The van der Waals surface area contributed by atoms with E-state index in [2.05, 4.69) is 4.90 Å². The maximum absolute atomic E-state index is 11.4. The van der Waals surface area contributed by atoms with E-state index in [0.717, 1.165) is 32.4 Å². The second kappa shape index (κ2) is 5.64. The number of piperidine rings is 1. The summed E-state index contributed by atoms with van der Waals surface area (Å²) in [5.41, 5.74) is -0.701. The Morgan fingerprint density at radius 2 is 2.06 bits per heavy atom. The number of rotatable bonds is 5. The second-order valence-electron chi connectivity index (χ2n) is 4.75. The zero-order valence-electron chi connectivity index (χ0n) is 10.5. The molecule has 1 N–H and O–H groups in total. The Kier molecular flexibility index (Phi) is 4.74. The molecule has 1 saturated heterocycles.